The lowest BCUT2D eigenvalue weighted by Crippen LogP contribution is -2.39. The van der Waals surface area contributed by atoms with Gasteiger partial charge in [-0.1, -0.05) is 6.07 Å². The molecule has 3 rings (SSSR count). The van der Waals surface area contributed by atoms with E-state index < -0.39 is 12.0 Å². The number of hydrogen-bond acceptors (Lipinski definition) is 6. The van der Waals surface area contributed by atoms with Crippen LogP contribution in [0.1, 0.15) is 23.2 Å². The molecule has 0 spiro atoms. The number of aliphatic imine (C=N–C) groups is 1. The Bertz CT molecular complexity index is 1140. The molecule has 32 heavy (non-hydrogen) atoms. The number of nitrogens with one attached hydrogen (secondary N) is 1. The number of anilines is 1. The first-order chi connectivity index (χ1) is 15.3. The first kappa shape index (κ1) is 22.3. The van der Waals surface area contributed by atoms with Crippen molar-refractivity contribution in [3.05, 3.63) is 60.3 Å². The van der Waals surface area contributed by atoms with Crippen molar-refractivity contribution >= 4 is 40.1 Å². The van der Waals surface area contributed by atoms with Gasteiger partial charge in [-0.3, -0.25) is 9.59 Å². The number of ether oxygens (including phenoxy) is 1. The third kappa shape index (κ3) is 6.08. The lowest BCUT2D eigenvalue weighted by atomic mass is 10.1. The molecule has 2 aromatic carbocycles. The van der Waals surface area contributed by atoms with Gasteiger partial charge in [0.1, 0.15) is 18.2 Å². The van der Waals surface area contributed by atoms with Crippen molar-refractivity contribution < 1.29 is 19.4 Å². The number of carbonyl (C=O) groups is 2. The number of carbonyl (C=O) groups excluding carboxylic acids is 1. The highest BCUT2D eigenvalue weighted by molar-refractivity contribution is 5.95. The average molecular weight is 436 g/mol. The van der Waals surface area contributed by atoms with Crippen molar-refractivity contribution in [2.24, 2.45) is 16.5 Å². The molecule has 0 aliphatic carbocycles. The molecule has 166 valence electrons. The molecule has 0 aliphatic heterocycles. The van der Waals surface area contributed by atoms with Gasteiger partial charge >= 0.3 is 5.97 Å². The van der Waals surface area contributed by atoms with Crippen LogP contribution in [-0.4, -0.2) is 40.6 Å². The van der Waals surface area contributed by atoms with E-state index in [-0.39, 0.29) is 31.3 Å². The third-order valence-electron chi connectivity index (χ3n) is 4.65. The van der Waals surface area contributed by atoms with Gasteiger partial charge in [0.2, 0.25) is 0 Å². The lowest BCUT2D eigenvalue weighted by molar-refractivity contribution is -0.137. The van der Waals surface area contributed by atoms with Crippen LogP contribution >= 0.6 is 0 Å². The van der Waals surface area contributed by atoms with Crippen LogP contribution in [0.2, 0.25) is 0 Å². The highest BCUT2D eigenvalue weighted by Crippen LogP contribution is 2.24. The van der Waals surface area contributed by atoms with Crippen LogP contribution in [0, 0.1) is 0 Å². The highest BCUT2D eigenvalue weighted by Gasteiger charge is 2.17. The van der Waals surface area contributed by atoms with E-state index in [0.29, 0.717) is 22.8 Å². The van der Waals surface area contributed by atoms with Gasteiger partial charge in [0, 0.05) is 23.6 Å². The number of nitrogens with zero attached hydrogens (tertiary/aromatic N) is 2. The molecule has 0 bridgehead atoms. The molecule has 8 N–H and O–H groups in total. The maximum Gasteiger partial charge on any atom is 0.303 e. The zero-order valence-corrected chi connectivity index (χ0v) is 17.2. The van der Waals surface area contributed by atoms with E-state index in [9.17, 15) is 9.59 Å². The van der Waals surface area contributed by atoms with Crippen LogP contribution < -0.4 is 27.3 Å². The van der Waals surface area contributed by atoms with Crippen LogP contribution in [0.25, 0.3) is 10.8 Å². The molecule has 10 heteroatoms. The molecular weight excluding hydrogens is 412 g/mol. The third-order valence-corrected chi connectivity index (χ3v) is 4.65. The number of amides is 1. The first-order valence-electron chi connectivity index (χ1n) is 9.81. The van der Waals surface area contributed by atoms with Gasteiger partial charge in [-0.15, -0.1) is 0 Å². The van der Waals surface area contributed by atoms with Crippen molar-refractivity contribution in [3.63, 3.8) is 0 Å². The number of rotatable bonds is 9. The SMILES string of the molecule is NC(N)=Nc1ccc(C(=O)NC(CCC(=O)O)COc2ccc3ccnc(N)c3c2)cc1. The monoisotopic (exact) mass is 436 g/mol. The van der Waals surface area contributed by atoms with Gasteiger partial charge in [0.05, 0.1) is 11.7 Å². The summed E-state index contributed by atoms with van der Waals surface area (Å²) in [6.45, 7) is 0.0801. The van der Waals surface area contributed by atoms with Crippen LogP contribution in [0.15, 0.2) is 59.7 Å². The topological polar surface area (TPSA) is 179 Å². The Morgan fingerprint density at radius 3 is 2.56 bits per heavy atom. The summed E-state index contributed by atoms with van der Waals surface area (Å²) in [5, 5.41) is 13.5. The molecule has 10 nitrogen and oxygen atoms in total. The van der Waals surface area contributed by atoms with E-state index in [0.717, 1.165) is 10.8 Å². The van der Waals surface area contributed by atoms with E-state index in [4.69, 9.17) is 27.0 Å². The Balaban J connectivity index is 1.69. The summed E-state index contributed by atoms with van der Waals surface area (Å²) >= 11 is 0. The minimum Gasteiger partial charge on any atom is -0.491 e. The summed E-state index contributed by atoms with van der Waals surface area (Å²) in [5.41, 5.74) is 17.5. The fraction of sp³-hybridized carbons (Fsp3) is 0.182. The van der Waals surface area contributed by atoms with Gasteiger partial charge in [0.25, 0.3) is 5.91 Å². The smallest absolute Gasteiger partial charge is 0.303 e. The number of benzene rings is 2. The summed E-state index contributed by atoms with van der Waals surface area (Å²) in [4.78, 5) is 31.6. The second kappa shape index (κ2) is 10.1. The van der Waals surface area contributed by atoms with E-state index in [1.807, 2.05) is 12.1 Å². The van der Waals surface area contributed by atoms with Gasteiger partial charge in [-0.2, -0.15) is 0 Å². The number of aliphatic carboxylic acids is 1. The zero-order valence-electron chi connectivity index (χ0n) is 17.2. The number of guanidine groups is 1. The number of carboxylic acid groups (broad SMARTS) is 1. The van der Waals surface area contributed by atoms with E-state index >= 15 is 0 Å². The van der Waals surface area contributed by atoms with Crippen LogP contribution in [-0.2, 0) is 4.79 Å². The Kier molecular flexibility index (Phi) is 7.06. The molecule has 1 aromatic heterocycles. The minimum atomic E-state index is -0.963. The molecule has 0 saturated heterocycles. The standard InChI is InChI=1S/C22H24N6O4/c23-20-18-11-17(7-3-13(18)9-10-26-20)32-12-16(6-8-19(29)30)27-21(31)14-1-4-15(5-2-14)28-22(24)25/h1-5,7,9-11,16H,6,8,12H2,(H2,23,26)(H,27,31)(H,29,30)(H4,24,25,28). The van der Waals surface area contributed by atoms with Gasteiger partial charge in [0.15, 0.2) is 5.96 Å². The molecule has 1 unspecified atom stereocenters. The summed E-state index contributed by atoms with van der Waals surface area (Å²) in [7, 11) is 0. The zero-order chi connectivity index (χ0) is 23.1. The van der Waals surface area contributed by atoms with Gasteiger partial charge < -0.3 is 32.4 Å². The summed E-state index contributed by atoms with van der Waals surface area (Å²) in [5.74, 6) is -0.497. The van der Waals surface area contributed by atoms with Crippen molar-refractivity contribution in [2.45, 2.75) is 18.9 Å². The number of pyridine rings is 1. The quantitative estimate of drug-likeness (QED) is 0.249. The minimum absolute atomic E-state index is 0.0801. The normalized spacial score (nSPS) is 11.5. The van der Waals surface area contributed by atoms with Crippen LogP contribution in [0.3, 0.4) is 0 Å². The maximum absolute atomic E-state index is 12.6. The average Bonchev–Trinajstić information content (AvgIpc) is 2.76. The maximum atomic E-state index is 12.6. The number of hydrogen-bond donors (Lipinski definition) is 5. The molecule has 0 saturated carbocycles. The molecular formula is C22H24N6O4. The Labute approximate surface area is 184 Å². The second-order valence-electron chi connectivity index (χ2n) is 7.08. The summed E-state index contributed by atoms with van der Waals surface area (Å²) in [6, 6.07) is 13.1. The Hall–Kier alpha value is -4.34. The molecule has 0 radical (unpaired) electrons. The number of nitrogen functional groups attached to an aromatic ring is 1. The number of aromatic nitrogens is 1. The molecule has 3 aromatic rings. The van der Waals surface area contributed by atoms with Crippen molar-refractivity contribution in [2.75, 3.05) is 12.3 Å². The van der Waals surface area contributed by atoms with Crippen LogP contribution in [0.5, 0.6) is 5.75 Å². The summed E-state index contributed by atoms with van der Waals surface area (Å²) in [6.07, 6.45) is 1.70. The van der Waals surface area contributed by atoms with Crippen molar-refractivity contribution in [1.29, 1.82) is 0 Å². The van der Waals surface area contributed by atoms with Gasteiger partial charge in [-0.25, -0.2) is 9.98 Å². The number of carboxylic acids is 1. The van der Waals surface area contributed by atoms with E-state index in [1.54, 1.807) is 42.6 Å². The largest absolute Gasteiger partial charge is 0.491 e. The van der Waals surface area contributed by atoms with E-state index in [1.165, 1.54) is 0 Å². The van der Waals surface area contributed by atoms with Gasteiger partial charge in [-0.05, 0) is 54.3 Å². The number of fused-ring (bicyclic) bond motifs is 1. The Morgan fingerprint density at radius 2 is 1.88 bits per heavy atom. The predicted molar refractivity (Wildman–Crippen MR) is 122 cm³/mol. The molecule has 1 heterocycles. The van der Waals surface area contributed by atoms with Crippen molar-refractivity contribution in [1.82, 2.24) is 10.3 Å². The van der Waals surface area contributed by atoms with Crippen molar-refractivity contribution in [3.8, 4) is 5.75 Å². The predicted octanol–water partition coefficient (Wildman–Crippen LogP) is 1.76. The first-order valence-corrected chi connectivity index (χ1v) is 9.81. The molecule has 0 fully saturated rings. The Morgan fingerprint density at radius 1 is 1.12 bits per heavy atom. The fourth-order valence-corrected chi connectivity index (χ4v) is 3.06. The van der Waals surface area contributed by atoms with Crippen LogP contribution in [0.4, 0.5) is 11.5 Å². The molecule has 0 aliphatic rings. The fourth-order valence-electron chi connectivity index (χ4n) is 3.06. The number of nitrogens with two attached hydrogens (primary N) is 3. The summed E-state index contributed by atoms with van der Waals surface area (Å²) < 4.78 is 5.83. The highest BCUT2D eigenvalue weighted by atomic mass is 16.5. The lowest BCUT2D eigenvalue weighted by Gasteiger charge is -2.19. The second-order valence-corrected chi connectivity index (χ2v) is 7.08. The molecule has 1 amide bonds. The molecule has 1 atom stereocenters. The van der Waals surface area contributed by atoms with E-state index in [2.05, 4.69) is 15.3 Å².